The molecule has 4 heteroatoms. The molecule has 0 aliphatic heterocycles. The van der Waals surface area contributed by atoms with E-state index in [1.54, 1.807) is 6.26 Å². The van der Waals surface area contributed by atoms with E-state index in [0.29, 0.717) is 24.9 Å². The summed E-state index contributed by atoms with van der Waals surface area (Å²) in [6.45, 7) is 2.88. The summed E-state index contributed by atoms with van der Waals surface area (Å²) in [5, 5.41) is 0. The molecule has 1 aromatic heterocycles. The SMILES string of the molecule is CCOc1ccccc1OCc1coc(-c2ccccc2)n1. The molecule has 0 unspecified atom stereocenters. The number of oxazole rings is 1. The maximum atomic E-state index is 5.78. The molecular weight excluding hydrogens is 278 g/mol. The summed E-state index contributed by atoms with van der Waals surface area (Å²) in [5.41, 5.74) is 1.69. The second-order valence-electron chi connectivity index (χ2n) is 4.68. The largest absolute Gasteiger partial charge is 0.490 e. The first-order valence-electron chi connectivity index (χ1n) is 7.21. The number of para-hydroxylation sites is 2. The quantitative estimate of drug-likeness (QED) is 0.679. The molecule has 0 radical (unpaired) electrons. The predicted molar refractivity (Wildman–Crippen MR) is 83.9 cm³/mol. The average Bonchev–Trinajstić information content (AvgIpc) is 3.04. The fraction of sp³-hybridized carbons (Fsp3) is 0.167. The Morgan fingerprint density at radius 2 is 1.59 bits per heavy atom. The number of aromatic nitrogens is 1. The van der Waals surface area contributed by atoms with Crippen molar-refractivity contribution in [1.29, 1.82) is 0 Å². The number of hydrogen-bond donors (Lipinski definition) is 0. The molecule has 0 fully saturated rings. The Morgan fingerprint density at radius 1 is 0.909 bits per heavy atom. The van der Waals surface area contributed by atoms with Crippen LogP contribution in [0.5, 0.6) is 11.5 Å². The summed E-state index contributed by atoms with van der Waals surface area (Å²) in [6, 6.07) is 17.4. The average molecular weight is 295 g/mol. The first kappa shape index (κ1) is 14.2. The van der Waals surface area contributed by atoms with Crippen molar-refractivity contribution in [3.63, 3.8) is 0 Å². The van der Waals surface area contributed by atoms with Crippen LogP contribution in [0.3, 0.4) is 0 Å². The Labute approximate surface area is 129 Å². The zero-order valence-electron chi connectivity index (χ0n) is 12.4. The van der Waals surface area contributed by atoms with Crippen molar-refractivity contribution < 1.29 is 13.9 Å². The van der Waals surface area contributed by atoms with E-state index in [1.807, 2.05) is 61.5 Å². The third-order valence-corrected chi connectivity index (χ3v) is 3.10. The van der Waals surface area contributed by atoms with E-state index in [2.05, 4.69) is 4.98 Å². The van der Waals surface area contributed by atoms with Gasteiger partial charge in [-0.25, -0.2) is 4.98 Å². The molecule has 22 heavy (non-hydrogen) atoms. The maximum absolute atomic E-state index is 5.78. The first-order chi connectivity index (χ1) is 10.9. The molecule has 0 saturated heterocycles. The normalized spacial score (nSPS) is 10.4. The van der Waals surface area contributed by atoms with Gasteiger partial charge in [-0.15, -0.1) is 0 Å². The molecule has 3 aromatic rings. The van der Waals surface area contributed by atoms with Gasteiger partial charge in [0.1, 0.15) is 18.6 Å². The Kier molecular flexibility index (Phi) is 4.39. The van der Waals surface area contributed by atoms with Gasteiger partial charge in [-0.05, 0) is 31.2 Å². The zero-order chi connectivity index (χ0) is 15.2. The van der Waals surface area contributed by atoms with Crippen molar-refractivity contribution in [3.8, 4) is 23.0 Å². The first-order valence-corrected chi connectivity index (χ1v) is 7.21. The van der Waals surface area contributed by atoms with Gasteiger partial charge in [-0.2, -0.15) is 0 Å². The summed E-state index contributed by atoms with van der Waals surface area (Å²) in [6.07, 6.45) is 1.62. The topological polar surface area (TPSA) is 44.5 Å². The van der Waals surface area contributed by atoms with Crippen molar-refractivity contribution >= 4 is 0 Å². The summed E-state index contributed by atoms with van der Waals surface area (Å²) in [7, 11) is 0. The second-order valence-corrected chi connectivity index (χ2v) is 4.68. The predicted octanol–water partition coefficient (Wildman–Crippen LogP) is 4.32. The standard InChI is InChI=1S/C18H17NO3/c1-2-20-16-10-6-7-11-17(16)21-12-15-13-22-18(19-15)14-8-4-3-5-9-14/h3-11,13H,2,12H2,1H3. The molecular formula is C18H17NO3. The smallest absolute Gasteiger partial charge is 0.226 e. The molecule has 0 amide bonds. The van der Waals surface area contributed by atoms with Crippen LogP contribution in [0.15, 0.2) is 65.3 Å². The summed E-state index contributed by atoms with van der Waals surface area (Å²) >= 11 is 0. The summed E-state index contributed by atoms with van der Waals surface area (Å²) in [4.78, 5) is 4.44. The van der Waals surface area contributed by atoms with Crippen LogP contribution in [0, 0.1) is 0 Å². The number of ether oxygens (including phenoxy) is 2. The Morgan fingerprint density at radius 3 is 2.32 bits per heavy atom. The minimum atomic E-state index is 0.334. The van der Waals surface area contributed by atoms with Gasteiger partial charge in [0.25, 0.3) is 0 Å². The zero-order valence-corrected chi connectivity index (χ0v) is 12.4. The van der Waals surface area contributed by atoms with Crippen molar-refractivity contribution in [1.82, 2.24) is 4.98 Å². The number of rotatable bonds is 6. The number of hydrogen-bond acceptors (Lipinski definition) is 4. The maximum Gasteiger partial charge on any atom is 0.226 e. The Balaban J connectivity index is 1.69. The molecule has 0 atom stereocenters. The molecule has 0 saturated carbocycles. The monoisotopic (exact) mass is 295 g/mol. The molecule has 4 nitrogen and oxygen atoms in total. The van der Waals surface area contributed by atoms with Gasteiger partial charge >= 0.3 is 0 Å². The van der Waals surface area contributed by atoms with Gasteiger partial charge < -0.3 is 13.9 Å². The van der Waals surface area contributed by atoms with Crippen molar-refractivity contribution in [3.05, 3.63) is 66.6 Å². The highest BCUT2D eigenvalue weighted by Crippen LogP contribution is 2.27. The van der Waals surface area contributed by atoms with E-state index in [4.69, 9.17) is 13.9 Å². The van der Waals surface area contributed by atoms with Gasteiger partial charge in [0, 0.05) is 5.56 Å². The number of nitrogens with zero attached hydrogens (tertiary/aromatic N) is 1. The summed E-state index contributed by atoms with van der Waals surface area (Å²) < 4.78 is 16.8. The van der Waals surface area contributed by atoms with Crippen LogP contribution in [0.1, 0.15) is 12.6 Å². The van der Waals surface area contributed by atoms with Gasteiger partial charge in [0.05, 0.1) is 6.61 Å². The van der Waals surface area contributed by atoms with Crippen LogP contribution in [-0.2, 0) is 6.61 Å². The van der Waals surface area contributed by atoms with E-state index >= 15 is 0 Å². The second kappa shape index (κ2) is 6.80. The lowest BCUT2D eigenvalue weighted by molar-refractivity contribution is 0.266. The molecule has 0 aliphatic rings. The highest BCUT2D eigenvalue weighted by Gasteiger charge is 2.08. The molecule has 0 N–H and O–H groups in total. The van der Waals surface area contributed by atoms with E-state index in [9.17, 15) is 0 Å². The van der Waals surface area contributed by atoms with Gasteiger partial charge in [-0.1, -0.05) is 30.3 Å². The van der Waals surface area contributed by atoms with E-state index in [1.165, 1.54) is 0 Å². The van der Waals surface area contributed by atoms with Gasteiger partial charge in [-0.3, -0.25) is 0 Å². The fourth-order valence-corrected chi connectivity index (χ4v) is 2.08. The van der Waals surface area contributed by atoms with Crippen LogP contribution >= 0.6 is 0 Å². The van der Waals surface area contributed by atoms with Gasteiger partial charge in [0.15, 0.2) is 11.5 Å². The van der Waals surface area contributed by atoms with Crippen molar-refractivity contribution in [2.75, 3.05) is 6.61 Å². The molecule has 0 spiro atoms. The molecule has 1 heterocycles. The number of benzene rings is 2. The van der Waals surface area contributed by atoms with Crippen LogP contribution in [0.25, 0.3) is 11.5 Å². The van der Waals surface area contributed by atoms with Crippen LogP contribution in [0.4, 0.5) is 0 Å². The summed E-state index contributed by atoms with van der Waals surface area (Å²) in [5.74, 6) is 2.03. The minimum absolute atomic E-state index is 0.334. The van der Waals surface area contributed by atoms with E-state index in [-0.39, 0.29) is 0 Å². The van der Waals surface area contributed by atoms with Crippen LogP contribution < -0.4 is 9.47 Å². The minimum Gasteiger partial charge on any atom is -0.490 e. The molecule has 0 aliphatic carbocycles. The Bertz CT molecular complexity index is 722. The van der Waals surface area contributed by atoms with Gasteiger partial charge in [0.2, 0.25) is 5.89 Å². The third-order valence-electron chi connectivity index (χ3n) is 3.10. The van der Waals surface area contributed by atoms with E-state index < -0.39 is 0 Å². The fourth-order valence-electron chi connectivity index (χ4n) is 2.08. The molecule has 112 valence electrons. The van der Waals surface area contributed by atoms with Crippen molar-refractivity contribution in [2.45, 2.75) is 13.5 Å². The highest BCUT2D eigenvalue weighted by atomic mass is 16.5. The lowest BCUT2D eigenvalue weighted by atomic mass is 10.2. The van der Waals surface area contributed by atoms with Crippen molar-refractivity contribution in [2.24, 2.45) is 0 Å². The molecule has 3 rings (SSSR count). The lowest BCUT2D eigenvalue weighted by Gasteiger charge is -2.10. The van der Waals surface area contributed by atoms with Crippen LogP contribution in [0.2, 0.25) is 0 Å². The lowest BCUT2D eigenvalue weighted by Crippen LogP contribution is -1.99. The van der Waals surface area contributed by atoms with Crippen LogP contribution in [-0.4, -0.2) is 11.6 Å². The Hall–Kier alpha value is -2.75. The van der Waals surface area contributed by atoms with E-state index in [0.717, 1.165) is 17.0 Å². The molecule has 2 aromatic carbocycles. The molecule has 0 bridgehead atoms. The highest BCUT2D eigenvalue weighted by molar-refractivity contribution is 5.52. The third kappa shape index (κ3) is 3.28.